The van der Waals surface area contributed by atoms with Crippen molar-refractivity contribution in [3.63, 3.8) is 0 Å². The molecule has 0 aliphatic carbocycles. The molecule has 0 amide bonds. The zero-order valence-corrected chi connectivity index (χ0v) is 39.9. The van der Waals surface area contributed by atoms with Crippen molar-refractivity contribution in [1.82, 2.24) is 0 Å². The van der Waals surface area contributed by atoms with Gasteiger partial charge in [0.25, 0.3) is 0 Å². The minimum Gasteiger partial charge on any atom is -0.633 e. The predicted octanol–water partition coefficient (Wildman–Crippen LogP) is 20.1. The number of quaternary nitrogens is 1. The summed E-state index contributed by atoms with van der Waals surface area (Å²) in [6, 6.07) is 0. The fraction of sp³-hybridized carbons (Fsp3) is 1.00. The van der Waals surface area contributed by atoms with E-state index in [1.54, 1.807) is 0 Å². The summed E-state index contributed by atoms with van der Waals surface area (Å²) in [5.41, 5.74) is 0. The highest BCUT2D eigenvalue weighted by molar-refractivity contribution is 4.56. The standard InChI is InChI=1S/C54H111NO/c1-4-7-10-13-16-19-22-25-28-31-34-37-40-43-46-49-52-55(56,53-50-47-44-41-38-35-32-29-26-23-20-17-14-11-8-5-2)54-51-48-45-42-39-36-33-30-27-24-21-18-15-12-9-6-3/h4-54H2,1-3H3. The summed E-state index contributed by atoms with van der Waals surface area (Å²) in [7, 11) is 0. The van der Waals surface area contributed by atoms with Gasteiger partial charge in [-0.15, -0.1) is 0 Å². The molecule has 0 N–H and O–H groups in total. The summed E-state index contributed by atoms with van der Waals surface area (Å²) in [4.78, 5) is 0. The van der Waals surface area contributed by atoms with Gasteiger partial charge in [-0.05, 0) is 38.5 Å². The minimum absolute atomic E-state index is 0.121. The second-order valence-electron chi connectivity index (χ2n) is 19.1. The van der Waals surface area contributed by atoms with Gasteiger partial charge in [0.2, 0.25) is 0 Å². The maximum Gasteiger partial charge on any atom is 0.0783 e. The van der Waals surface area contributed by atoms with Gasteiger partial charge in [-0.3, -0.25) is 0 Å². The first-order chi connectivity index (χ1) is 27.7. The molecule has 0 aliphatic rings. The molecule has 2 heteroatoms. The Labute approximate surface area is 357 Å². The van der Waals surface area contributed by atoms with Crippen LogP contribution in [0, 0.1) is 5.21 Å². The number of unbranched alkanes of at least 4 members (excludes halogenated alkanes) is 45. The Kier molecular flexibility index (Phi) is 49.2. The summed E-state index contributed by atoms with van der Waals surface area (Å²) in [5.74, 6) is 0. The fourth-order valence-electron chi connectivity index (χ4n) is 9.18. The quantitative estimate of drug-likeness (QED) is 0.0342. The lowest BCUT2D eigenvalue weighted by molar-refractivity contribution is -0.881. The van der Waals surface area contributed by atoms with Crippen LogP contribution >= 0.6 is 0 Å². The first-order valence-corrected chi connectivity index (χ1v) is 27.3. The fourth-order valence-corrected chi connectivity index (χ4v) is 9.18. The van der Waals surface area contributed by atoms with Crippen LogP contribution in [0.4, 0.5) is 0 Å². The zero-order chi connectivity index (χ0) is 40.6. The molecule has 0 saturated heterocycles. The summed E-state index contributed by atoms with van der Waals surface area (Å²) in [6.45, 7) is 9.58. The Morgan fingerprint density at radius 3 is 0.411 bits per heavy atom. The van der Waals surface area contributed by atoms with Crippen molar-refractivity contribution in [1.29, 1.82) is 0 Å². The topological polar surface area (TPSA) is 23.1 Å². The molecule has 0 bridgehead atoms. The highest BCUT2D eigenvalue weighted by Gasteiger charge is 2.16. The average Bonchev–Trinajstić information content (AvgIpc) is 3.20. The first kappa shape index (κ1) is 55.9. The van der Waals surface area contributed by atoms with Crippen molar-refractivity contribution in [2.45, 2.75) is 329 Å². The third-order valence-corrected chi connectivity index (χ3v) is 13.3. The van der Waals surface area contributed by atoms with E-state index >= 15 is 0 Å². The Balaban J connectivity index is 4.08. The lowest BCUT2D eigenvalue weighted by Gasteiger charge is -2.43. The molecule has 0 aromatic heterocycles. The van der Waals surface area contributed by atoms with Crippen molar-refractivity contribution < 1.29 is 4.65 Å². The van der Waals surface area contributed by atoms with Crippen molar-refractivity contribution >= 4 is 0 Å². The van der Waals surface area contributed by atoms with Gasteiger partial charge in [-0.25, -0.2) is 0 Å². The molecule has 56 heavy (non-hydrogen) atoms. The van der Waals surface area contributed by atoms with Gasteiger partial charge in [0.1, 0.15) is 0 Å². The van der Waals surface area contributed by atoms with Crippen LogP contribution in [0.2, 0.25) is 0 Å². The van der Waals surface area contributed by atoms with Crippen LogP contribution in [0.15, 0.2) is 0 Å². The van der Waals surface area contributed by atoms with Gasteiger partial charge in [0.05, 0.1) is 19.6 Å². The van der Waals surface area contributed by atoms with E-state index < -0.39 is 0 Å². The van der Waals surface area contributed by atoms with Crippen LogP contribution in [0.1, 0.15) is 329 Å². The lowest BCUT2D eigenvalue weighted by atomic mass is 10.0. The largest absolute Gasteiger partial charge is 0.633 e. The van der Waals surface area contributed by atoms with Crippen molar-refractivity contribution in [3.8, 4) is 0 Å². The molecular formula is C54H111NO. The second-order valence-corrected chi connectivity index (χ2v) is 19.1. The van der Waals surface area contributed by atoms with Crippen molar-refractivity contribution in [2.24, 2.45) is 0 Å². The van der Waals surface area contributed by atoms with Crippen LogP contribution in [-0.4, -0.2) is 24.3 Å². The Morgan fingerprint density at radius 2 is 0.286 bits per heavy atom. The SMILES string of the molecule is CCCCCCCCCCCCCCCCCC[N+]([O-])(CCCCCCCCCCCCCCCCCC)CCCCCCCCCCCCCCCCCC. The van der Waals surface area contributed by atoms with Gasteiger partial charge >= 0.3 is 0 Å². The summed E-state index contributed by atoms with van der Waals surface area (Å²) >= 11 is 0. The molecule has 0 fully saturated rings. The van der Waals surface area contributed by atoms with E-state index in [1.807, 2.05) is 0 Å². The molecule has 0 aromatic rings. The van der Waals surface area contributed by atoms with Crippen molar-refractivity contribution in [3.05, 3.63) is 5.21 Å². The number of rotatable bonds is 51. The molecule has 0 saturated carbocycles. The summed E-state index contributed by atoms with van der Waals surface area (Å²) in [5, 5.41) is 14.1. The van der Waals surface area contributed by atoms with E-state index in [0.29, 0.717) is 0 Å². The third-order valence-electron chi connectivity index (χ3n) is 13.3. The number of nitrogens with zero attached hydrogens (tertiary/aromatic N) is 1. The number of hydrogen-bond donors (Lipinski definition) is 0. The molecule has 0 radical (unpaired) electrons. The third kappa shape index (κ3) is 46.6. The van der Waals surface area contributed by atoms with Gasteiger partial charge in [-0.2, -0.15) is 0 Å². The second kappa shape index (κ2) is 49.3. The molecule has 0 heterocycles. The minimum atomic E-state index is 0.121. The molecule has 2 nitrogen and oxygen atoms in total. The van der Waals surface area contributed by atoms with Crippen molar-refractivity contribution in [2.75, 3.05) is 19.6 Å². The maximum atomic E-state index is 14.1. The number of hydroxylamine groups is 3. The Morgan fingerprint density at radius 1 is 0.179 bits per heavy atom. The van der Waals surface area contributed by atoms with E-state index in [4.69, 9.17) is 0 Å². The molecule has 0 atom stereocenters. The molecular weight excluding hydrogens is 679 g/mol. The van der Waals surface area contributed by atoms with Crippen LogP contribution in [0.25, 0.3) is 0 Å². The first-order valence-electron chi connectivity index (χ1n) is 27.3. The molecule has 338 valence electrons. The van der Waals surface area contributed by atoms with E-state index in [2.05, 4.69) is 20.8 Å². The van der Waals surface area contributed by atoms with E-state index in [-0.39, 0.29) is 4.65 Å². The molecule has 0 aromatic carbocycles. The summed E-state index contributed by atoms with van der Waals surface area (Å²) in [6.07, 6.45) is 67.2. The van der Waals surface area contributed by atoms with Crippen LogP contribution in [0.3, 0.4) is 0 Å². The van der Waals surface area contributed by atoms with E-state index in [9.17, 15) is 5.21 Å². The van der Waals surface area contributed by atoms with Gasteiger partial charge in [0.15, 0.2) is 0 Å². The van der Waals surface area contributed by atoms with E-state index in [0.717, 1.165) is 38.9 Å². The average molecular weight is 790 g/mol. The molecule has 0 unspecified atom stereocenters. The van der Waals surface area contributed by atoms with Crippen LogP contribution in [-0.2, 0) is 0 Å². The van der Waals surface area contributed by atoms with Gasteiger partial charge < -0.3 is 9.85 Å². The highest BCUT2D eigenvalue weighted by atomic mass is 16.5. The van der Waals surface area contributed by atoms with Gasteiger partial charge in [-0.1, -0.05) is 290 Å². The van der Waals surface area contributed by atoms with Gasteiger partial charge in [0, 0.05) is 0 Å². The smallest absolute Gasteiger partial charge is 0.0783 e. The monoisotopic (exact) mass is 790 g/mol. The van der Waals surface area contributed by atoms with E-state index in [1.165, 1.54) is 289 Å². The normalized spacial score (nSPS) is 12.0. The molecule has 0 aliphatic heterocycles. The Hall–Kier alpha value is -0.0800. The molecule has 0 spiro atoms. The lowest BCUT2D eigenvalue weighted by Crippen LogP contribution is -2.44. The summed E-state index contributed by atoms with van der Waals surface area (Å²) < 4.78 is 0.121. The zero-order valence-electron chi connectivity index (χ0n) is 39.9. The Bertz CT molecular complexity index is 589. The maximum absolute atomic E-state index is 14.1. The highest BCUT2D eigenvalue weighted by Crippen LogP contribution is 2.20. The predicted molar refractivity (Wildman–Crippen MR) is 257 cm³/mol. The van der Waals surface area contributed by atoms with Crippen LogP contribution < -0.4 is 0 Å². The molecule has 0 rings (SSSR count). The van der Waals surface area contributed by atoms with Crippen LogP contribution in [0.5, 0.6) is 0 Å². The number of hydrogen-bond acceptors (Lipinski definition) is 1.